The highest BCUT2D eigenvalue weighted by molar-refractivity contribution is 5.82. The van der Waals surface area contributed by atoms with Gasteiger partial charge >= 0.3 is 0 Å². The molecule has 1 N–H and O–H groups in total. The van der Waals surface area contributed by atoms with Gasteiger partial charge in [-0.05, 0) is 32.6 Å². The van der Waals surface area contributed by atoms with E-state index >= 15 is 0 Å². The first kappa shape index (κ1) is 9.00. The number of piperidine rings is 1. The lowest BCUT2D eigenvalue weighted by Gasteiger charge is -2.29. The fourth-order valence-corrected chi connectivity index (χ4v) is 2.55. The Morgan fingerprint density at radius 2 is 2.31 bits per heavy atom. The van der Waals surface area contributed by atoms with Crippen molar-refractivity contribution in [2.45, 2.75) is 44.8 Å². The lowest BCUT2D eigenvalue weighted by Crippen LogP contribution is -2.38. The molecule has 2 heterocycles. The van der Waals surface area contributed by atoms with Crippen LogP contribution in [0.2, 0.25) is 0 Å². The number of aliphatic hydroxyl groups excluding tert-OH is 1. The number of carbonyl (C=O) groups is 1. The summed E-state index contributed by atoms with van der Waals surface area (Å²) in [4.78, 5) is 13.7. The van der Waals surface area contributed by atoms with Gasteiger partial charge < -0.3 is 10.0 Å². The molecule has 3 heteroatoms. The summed E-state index contributed by atoms with van der Waals surface area (Å²) in [7, 11) is 0. The van der Waals surface area contributed by atoms with E-state index in [0.29, 0.717) is 6.04 Å². The summed E-state index contributed by atoms with van der Waals surface area (Å²) in [5.74, 6) is 0.0581. The molecule has 3 nitrogen and oxygen atoms in total. The largest absolute Gasteiger partial charge is 0.393 e. The van der Waals surface area contributed by atoms with Crippen LogP contribution < -0.4 is 0 Å². The van der Waals surface area contributed by atoms with Crippen molar-refractivity contribution in [2.24, 2.45) is 5.92 Å². The quantitative estimate of drug-likeness (QED) is 0.652. The summed E-state index contributed by atoms with van der Waals surface area (Å²) in [6, 6.07) is 0.431. The molecule has 13 heavy (non-hydrogen) atoms. The van der Waals surface area contributed by atoms with Crippen LogP contribution in [0.3, 0.4) is 0 Å². The van der Waals surface area contributed by atoms with Crippen LogP contribution in [0.25, 0.3) is 0 Å². The van der Waals surface area contributed by atoms with E-state index in [0.717, 1.165) is 25.8 Å². The molecule has 0 aromatic carbocycles. The zero-order chi connectivity index (χ0) is 9.42. The molecule has 1 amide bonds. The predicted molar refractivity (Wildman–Crippen MR) is 49.1 cm³/mol. The molecule has 3 unspecified atom stereocenters. The van der Waals surface area contributed by atoms with Crippen LogP contribution in [0.4, 0.5) is 0 Å². The van der Waals surface area contributed by atoms with Crippen molar-refractivity contribution >= 4 is 5.91 Å². The van der Waals surface area contributed by atoms with Crippen molar-refractivity contribution in [1.82, 2.24) is 4.90 Å². The normalized spacial score (nSPS) is 36.2. The first-order chi connectivity index (χ1) is 6.20. The topological polar surface area (TPSA) is 40.5 Å². The summed E-state index contributed by atoms with van der Waals surface area (Å²) in [5.41, 5.74) is 0. The molecule has 3 atom stereocenters. The fraction of sp³-hybridized carbons (Fsp3) is 0.900. The SMILES string of the molecule is CC(O)C1CC2CCCCN2C1=O. The first-order valence-electron chi connectivity index (χ1n) is 5.18. The van der Waals surface area contributed by atoms with E-state index in [4.69, 9.17) is 0 Å². The molecule has 2 rings (SSSR count). The maximum Gasteiger partial charge on any atom is 0.228 e. The maximum absolute atomic E-state index is 11.7. The molecule has 0 spiro atoms. The standard InChI is InChI=1S/C10H17NO2/c1-7(12)9-6-8-4-2-3-5-11(8)10(9)13/h7-9,12H,2-6H2,1H3. The van der Waals surface area contributed by atoms with E-state index in [2.05, 4.69) is 0 Å². The van der Waals surface area contributed by atoms with Crippen LogP contribution in [-0.4, -0.2) is 34.6 Å². The van der Waals surface area contributed by atoms with Crippen molar-refractivity contribution < 1.29 is 9.90 Å². The number of aliphatic hydroxyl groups is 1. The Morgan fingerprint density at radius 1 is 1.54 bits per heavy atom. The number of carbonyl (C=O) groups excluding carboxylic acids is 1. The second kappa shape index (κ2) is 3.29. The highest BCUT2D eigenvalue weighted by Gasteiger charge is 2.42. The molecule has 2 fully saturated rings. The highest BCUT2D eigenvalue weighted by Crippen LogP contribution is 2.33. The van der Waals surface area contributed by atoms with Gasteiger partial charge in [0.05, 0.1) is 12.0 Å². The van der Waals surface area contributed by atoms with Gasteiger partial charge in [-0.25, -0.2) is 0 Å². The molecule has 74 valence electrons. The predicted octanol–water partition coefficient (Wildman–Crippen LogP) is 0.768. The zero-order valence-corrected chi connectivity index (χ0v) is 8.07. The third-order valence-corrected chi connectivity index (χ3v) is 3.34. The van der Waals surface area contributed by atoms with Crippen molar-refractivity contribution in [1.29, 1.82) is 0 Å². The zero-order valence-electron chi connectivity index (χ0n) is 8.07. The Morgan fingerprint density at radius 3 is 2.92 bits per heavy atom. The molecule has 0 aromatic heterocycles. The lowest BCUT2D eigenvalue weighted by molar-refractivity contribution is -0.135. The van der Waals surface area contributed by atoms with Crippen LogP contribution >= 0.6 is 0 Å². The number of amides is 1. The number of hydrogen-bond donors (Lipinski definition) is 1. The molecule has 0 saturated carbocycles. The van der Waals surface area contributed by atoms with Crippen molar-refractivity contribution in [3.05, 3.63) is 0 Å². The first-order valence-corrected chi connectivity index (χ1v) is 5.18. The van der Waals surface area contributed by atoms with Gasteiger partial charge in [-0.15, -0.1) is 0 Å². The molecular weight excluding hydrogens is 166 g/mol. The van der Waals surface area contributed by atoms with Gasteiger partial charge in [-0.2, -0.15) is 0 Å². The Labute approximate surface area is 78.7 Å². The third kappa shape index (κ3) is 1.46. The van der Waals surface area contributed by atoms with Crippen LogP contribution in [0.1, 0.15) is 32.6 Å². The van der Waals surface area contributed by atoms with Crippen LogP contribution in [-0.2, 0) is 4.79 Å². The summed E-state index contributed by atoms with van der Waals surface area (Å²) in [5, 5.41) is 9.42. The summed E-state index contributed by atoms with van der Waals surface area (Å²) < 4.78 is 0. The monoisotopic (exact) mass is 183 g/mol. The molecule has 0 radical (unpaired) electrons. The Kier molecular flexibility index (Phi) is 2.28. The summed E-state index contributed by atoms with van der Waals surface area (Å²) in [6.45, 7) is 2.63. The Balaban J connectivity index is 2.09. The maximum atomic E-state index is 11.7. The molecule has 0 aliphatic carbocycles. The summed E-state index contributed by atoms with van der Waals surface area (Å²) >= 11 is 0. The molecule has 2 aliphatic rings. The number of fused-ring (bicyclic) bond motifs is 1. The average Bonchev–Trinajstić information content (AvgIpc) is 2.45. The van der Waals surface area contributed by atoms with Gasteiger partial charge in [0.2, 0.25) is 5.91 Å². The van der Waals surface area contributed by atoms with E-state index in [9.17, 15) is 9.90 Å². The van der Waals surface area contributed by atoms with Crippen LogP contribution in [0.5, 0.6) is 0 Å². The van der Waals surface area contributed by atoms with Gasteiger partial charge in [0.15, 0.2) is 0 Å². The Bertz CT molecular complexity index is 211. The smallest absolute Gasteiger partial charge is 0.228 e. The van der Waals surface area contributed by atoms with E-state index in [-0.39, 0.29) is 11.8 Å². The second-order valence-corrected chi connectivity index (χ2v) is 4.26. The van der Waals surface area contributed by atoms with Crippen molar-refractivity contribution in [2.75, 3.05) is 6.54 Å². The van der Waals surface area contributed by atoms with Gasteiger partial charge in [0.25, 0.3) is 0 Å². The highest BCUT2D eigenvalue weighted by atomic mass is 16.3. The minimum Gasteiger partial charge on any atom is -0.393 e. The number of nitrogens with zero attached hydrogens (tertiary/aromatic N) is 1. The lowest BCUT2D eigenvalue weighted by atomic mass is 9.97. The minimum atomic E-state index is -0.474. The summed E-state index contributed by atoms with van der Waals surface area (Å²) in [6.07, 6.45) is 3.90. The van der Waals surface area contributed by atoms with Crippen molar-refractivity contribution in [3.8, 4) is 0 Å². The number of hydrogen-bond acceptors (Lipinski definition) is 2. The fourth-order valence-electron chi connectivity index (χ4n) is 2.55. The van der Waals surface area contributed by atoms with Crippen molar-refractivity contribution in [3.63, 3.8) is 0 Å². The number of rotatable bonds is 1. The van der Waals surface area contributed by atoms with E-state index in [1.54, 1.807) is 6.92 Å². The second-order valence-electron chi connectivity index (χ2n) is 4.26. The van der Waals surface area contributed by atoms with E-state index in [1.165, 1.54) is 6.42 Å². The molecule has 0 bridgehead atoms. The molecule has 2 saturated heterocycles. The van der Waals surface area contributed by atoms with E-state index in [1.807, 2.05) is 4.90 Å². The molecule has 2 aliphatic heterocycles. The van der Waals surface area contributed by atoms with E-state index < -0.39 is 6.10 Å². The third-order valence-electron chi connectivity index (χ3n) is 3.34. The van der Waals surface area contributed by atoms with Crippen LogP contribution in [0, 0.1) is 5.92 Å². The Hall–Kier alpha value is -0.570. The van der Waals surface area contributed by atoms with Gasteiger partial charge in [0, 0.05) is 12.6 Å². The van der Waals surface area contributed by atoms with Crippen LogP contribution in [0.15, 0.2) is 0 Å². The van der Waals surface area contributed by atoms with Gasteiger partial charge in [0.1, 0.15) is 0 Å². The van der Waals surface area contributed by atoms with Gasteiger partial charge in [-0.3, -0.25) is 4.79 Å². The van der Waals surface area contributed by atoms with Gasteiger partial charge in [-0.1, -0.05) is 0 Å². The molecule has 0 aromatic rings. The minimum absolute atomic E-state index is 0.122. The molecular formula is C10H17NO2. The average molecular weight is 183 g/mol.